The van der Waals surface area contributed by atoms with E-state index in [0.29, 0.717) is 12.2 Å². The Morgan fingerprint density at radius 2 is 1.27 bits per heavy atom. The molecular weight excluding hydrogens is 570 g/mol. The Bertz CT molecular complexity index is 896. The van der Waals surface area contributed by atoms with E-state index in [-0.39, 0.29) is 5.76 Å². The van der Waals surface area contributed by atoms with Crippen molar-refractivity contribution in [2.45, 2.75) is 24.8 Å². The third-order valence-electron chi connectivity index (χ3n) is 3.74. The van der Waals surface area contributed by atoms with Crippen molar-refractivity contribution in [3.63, 3.8) is 0 Å². The summed E-state index contributed by atoms with van der Waals surface area (Å²) in [6, 6.07) is 0. The van der Waals surface area contributed by atoms with Gasteiger partial charge in [0, 0.05) is 18.2 Å². The van der Waals surface area contributed by atoms with Crippen LogP contribution in [0, 0.1) is 5.92 Å². The molecule has 0 aromatic carbocycles. The summed E-state index contributed by atoms with van der Waals surface area (Å²) in [7, 11) is 1.06. The lowest BCUT2D eigenvalue weighted by Crippen LogP contribution is -2.45. The third kappa shape index (κ3) is 16.5. The monoisotopic (exact) mass is 596 g/mol. The van der Waals surface area contributed by atoms with Crippen molar-refractivity contribution >= 4 is 17.9 Å². The Morgan fingerprint density at radius 3 is 1.77 bits per heavy atom. The number of esters is 3. The first-order chi connectivity index (χ1) is 18.5. The molecule has 228 valence electrons. The minimum absolute atomic E-state index is 0.270. The van der Waals surface area contributed by atoms with Crippen molar-refractivity contribution in [3.05, 3.63) is 50.3 Å². The third-order valence-corrected chi connectivity index (χ3v) is 3.74. The maximum atomic E-state index is 13.9. The van der Waals surface area contributed by atoms with Crippen LogP contribution in [0.25, 0.3) is 0 Å². The fourth-order valence-electron chi connectivity index (χ4n) is 2.09. The number of hydrogen-bond acceptors (Lipinski definition) is 12. The minimum atomic E-state index is -5.62. The Balaban J connectivity index is 5.08. The number of alkyl halides is 6. The average molecular weight is 596 g/mol. The van der Waals surface area contributed by atoms with Crippen LogP contribution < -0.4 is 0 Å². The summed E-state index contributed by atoms with van der Waals surface area (Å²) in [4.78, 5) is 42.4. The van der Waals surface area contributed by atoms with Gasteiger partial charge in [-0.15, -0.1) is 8.78 Å². The molecule has 0 aliphatic heterocycles. The maximum absolute atomic E-state index is 13.9. The highest BCUT2D eigenvalue weighted by molar-refractivity contribution is 5.82. The number of hydrogen-bond donors (Lipinski definition) is 0. The maximum Gasteiger partial charge on any atom is 0.495 e. The zero-order valence-electron chi connectivity index (χ0n) is 20.9. The van der Waals surface area contributed by atoms with E-state index in [9.17, 15) is 40.7 Å². The lowest BCUT2D eigenvalue weighted by atomic mass is 10.1. The minimum Gasteiger partial charge on any atom is -0.462 e. The highest BCUT2D eigenvalue weighted by atomic mass is 19.3. The predicted molar refractivity (Wildman–Crippen MR) is 117 cm³/mol. The molecule has 0 aromatic heterocycles. The molecule has 0 saturated carbocycles. The molecule has 0 saturated heterocycles. The Kier molecular flexibility index (Phi) is 15.8. The number of ether oxygens (including phenoxy) is 7. The second-order valence-corrected chi connectivity index (χ2v) is 6.92. The quantitative estimate of drug-likeness (QED) is 0.0266. The van der Waals surface area contributed by atoms with E-state index in [4.69, 9.17) is 4.74 Å². The zero-order chi connectivity index (χ0) is 31.0. The molecule has 0 fully saturated rings. The first kappa shape index (κ1) is 36.5. The van der Waals surface area contributed by atoms with Gasteiger partial charge in [0.05, 0.1) is 19.6 Å². The zero-order valence-corrected chi connectivity index (χ0v) is 20.9. The van der Waals surface area contributed by atoms with Crippen LogP contribution in [0.5, 0.6) is 0 Å². The van der Waals surface area contributed by atoms with Crippen LogP contribution >= 0.6 is 0 Å². The van der Waals surface area contributed by atoms with Gasteiger partial charge in [-0.2, -0.15) is 22.4 Å². The van der Waals surface area contributed by atoms with Gasteiger partial charge in [-0.3, -0.25) is 0 Å². The van der Waals surface area contributed by atoms with Crippen LogP contribution in [-0.2, 0) is 57.3 Å². The topological polar surface area (TPSA) is 134 Å². The Morgan fingerprint density at radius 1 is 0.775 bits per heavy atom. The SMILES string of the molecule is C=CC(=O)OCC(OCC(F)(F)OC(F)(F)OC(F)(F)COCC(COC(=O)C=C)C(=C)OOC)OC(=O)C=C. The largest absolute Gasteiger partial charge is 0.495 e. The van der Waals surface area contributed by atoms with E-state index in [1.807, 2.05) is 0 Å². The average Bonchev–Trinajstić information content (AvgIpc) is 2.85. The first-order valence-electron chi connectivity index (χ1n) is 10.5. The molecule has 0 amide bonds. The van der Waals surface area contributed by atoms with Gasteiger partial charge in [0.15, 0.2) is 6.61 Å². The van der Waals surface area contributed by atoms with Crippen molar-refractivity contribution in [2.24, 2.45) is 5.92 Å². The van der Waals surface area contributed by atoms with Crippen LogP contribution in [0.4, 0.5) is 26.3 Å². The number of halogens is 6. The van der Waals surface area contributed by atoms with Crippen molar-refractivity contribution in [2.75, 3.05) is 40.1 Å². The molecule has 0 N–H and O–H groups in total. The van der Waals surface area contributed by atoms with Crippen LogP contribution in [0.2, 0.25) is 0 Å². The smallest absolute Gasteiger partial charge is 0.462 e. The predicted octanol–water partition coefficient (Wildman–Crippen LogP) is 3.01. The van der Waals surface area contributed by atoms with E-state index >= 15 is 0 Å². The lowest BCUT2D eigenvalue weighted by Gasteiger charge is -2.27. The van der Waals surface area contributed by atoms with Gasteiger partial charge in [0.2, 0.25) is 6.29 Å². The van der Waals surface area contributed by atoms with Crippen molar-refractivity contribution in [1.29, 1.82) is 0 Å². The van der Waals surface area contributed by atoms with Crippen LogP contribution in [0.3, 0.4) is 0 Å². The highest BCUT2D eigenvalue weighted by Gasteiger charge is 2.52. The van der Waals surface area contributed by atoms with Gasteiger partial charge >= 0.3 is 36.4 Å². The van der Waals surface area contributed by atoms with Crippen LogP contribution in [0.1, 0.15) is 0 Å². The second kappa shape index (κ2) is 17.3. The van der Waals surface area contributed by atoms with Gasteiger partial charge < -0.3 is 28.6 Å². The summed E-state index contributed by atoms with van der Waals surface area (Å²) in [5, 5.41) is 0. The Labute approximate surface area is 223 Å². The summed E-state index contributed by atoms with van der Waals surface area (Å²) >= 11 is 0. The molecule has 0 bridgehead atoms. The first-order valence-corrected chi connectivity index (χ1v) is 10.5. The lowest BCUT2D eigenvalue weighted by molar-refractivity contribution is -0.519. The molecule has 0 heterocycles. The van der Waals surface area contributed by atoms with Crippen molar-refractivity contribution in [1.82, 2.24) is 0 Å². The Hall–Kier alpha value is -3.45. The standard InChI is InChI=1S/C22H26F6O12/c1-6-16(29)34-10-15(14(4)38-32-5)9-33-12-20(23,24)39-22(27,28)40-21(25,26)13-36-19(37-18(31)8-3)11-35-17(30)7-2/h6-8,15,19H,1-4,9-13H2,5H3. The van der Waals surface area contributed by atoms with E-state index in [2.05, 4.69) is 64.5 Å². The highest BCUT2D eigenvalue weighted by Crippen LogP contribution is 2.34. The summed E-state index contributed by atoms with van der Waals surface area (Å²) in [6.45, 7) is 6.25. The van der Waals surface area contributed by atoms with Gasteiger partial charge in [0.25, 0.3) is 0 Å². The molecule has 0 radical (unpaired) electrons. The van der Waals surface area contributed by atoms with Gasteiger partial charge in [-0.05, 0) is 0 Å². The number of carbonyl (C=O) groups is 3. The van der Waals surface area contributed by atoms with E-state index in [1.165, 1.54) is 0 Å². The number of rotatable bonds is 22. The fourth-order valence-corrected chi connectivity index (χ4v) is 2.09. The van der Waals surface area contributed by atoms with Gasteiger partial charge in [-0.1, -0.05) is 26.3 Å². The molecule has 0 aliphatic rings. The summed E-state index contributed by atoms with van der Waals surface area (Å²) < 4.78 is 112. The molecule has 12 nitrogen and oxygen atoms in total. The van der Waals surface area contributed by atoms with E-state index in [1.54, 1.807) is 0 Å². The molecule has 2 unspecified atom stereocenters. The number of carbonyl (C=O) groups excluding carboxylic acids is 3. The molecule has 0 spiro atoms. The van der Waals surface area contributed by atoms with Crippen molar-refractivity contribution in [3.8, 4) is 0 Å². The molecule has 0 rings (SSSR count). The summed E-state index contributed by atoms with van der Waals surface area (Å²) in [5.74, 6) is -4.65. The van der Waals surface area contributed by atoms with Gasteiger partial charge in [-0.25, -0.2) is 23.9 Å². The molecule has 18 heteroatoms. The van der Waals surface area contributed by atoms with Crippen LogP contribution in [0.15, 0.2) is 50.3 Å². The van der Waals surface area contributed by atoms with Gasteiger partial charge in [0.1, 0.15) is 25.6 Å². The molecule has 0 aliphatic carbocycles. The normalized spacial score (nSPS) is 13.4. The molecule has 40 heavy (non-hydrogen) atoms. The summed E-state index contributed by atoms with van der Waals surface area (Å²) in [5.41, 5.74) is 0. The van der Waals surface area contributed by atoms with E-state index < -0.39 is 81.7 Å². The molecule has 2 atom stereocenters. The summed E-state index contributed by atoms with van der Waals surface area (Å²) in [6.07, 6.45) is -15.6. The fraction of sp³-hybridized carbons (Fsp3) is 0.500. The van der Waals surface area contributed by atoms with E-state index in [0.717, 1.165) is 13.2 Å². The second-order valence-electron chi connectivity index (χ2n) is 6.92. The molecule has 0 aromatic rings. The van der Waals surface area contributed by atoms with Crippen molar-refractivity contribution < 1.29 is 83.7 Å². The molecular formula is C22H26F6O12. The van der Waals surface area contributed by atoms with Crippen LogP contribution in [-0.4, -0.2) is 82.9 Å².